The zero-order valence-corrected chi connectivity index (χ0v) is 15.2. The van der Waals surface area contributed by atoms with Crippen molar-refractivity contribution >= 4 is 38.7 Å². The minimum Gasteiger partial charge on any atom is -0.332 e. The molecule has 2 aromatic carbocycles. The standard InChI is InChI=1S/C17H18FN3O2S2/c1-11-2-3-12-10-13(18)4-9-16(12)21(11)17(24)20-14-5-7-15(8-6-14)25(19,22)23/h4-11H,2-3H2,1H3,(H,20,24)(H2,19,22,23). The molecule has 0 fully saturated rings. The number of thiocarbonyl (C=S) groups is 1. The van der Waals surface area contributed by atoms with Gasteiger partial charge in [-0.25, -0.2) is 17.9 Å². The van der Waals surface area contributed by atoms with E-state index in [1.165, 1.54) is 24.3 Å². The van der Waals surface area contributed by atoms with Crippen LogP contribution in [0.4, 0.5) is 15.8 Å². The van der Waals surface area contributed by atoms with E-state index in [-0.39, 0.29) is 16.8 Å². The highest BCUT2D eigenvalue weighted by Gasteiger charge is 2.26. The predicted octanol–water partition coefficient (Wildman–Crippen LogP) is 3.01. The maximum atomic E-state index is 13.5. The van der Waals surface area contributed by atoms with Gasteiger partial charge >= 0.3 is 0 Å². The summed E-state index contributed by atoms with van der Waals surface area (Å²) in [6.07, 6.45) is 1.67. The van der Waals surface area contributed by atoms with Crippen LogP contribution in [0.3, 0.4) is 0 Å². The maximum Gasteiger partial charge on any atom is 0.238 e. The van der Waals surface area contributed by atoms with E-state index in [1.54, 1.807) is 18.2 Å². The summed E-state index contributed by atoms with van der Waals surface area (Å²) in [6, 6.07) is 10.9. The van der Waals surface area contributed by atoms with Gasteiger partial charge in [-0.1, -0.05) is 0 Å². The largest absolute Gasteiger partial charge is 0.332 e. The van der Waals surface area contributed by atoms with Crippen molar-refractivity contribution in [1.29, 1.82) is 0 Å². The summed E-state index contributed by atoms with van der Waals surface area (Å²) < 4.78 is 36.1. The van der Waals surface area contributed by atoms with E-state index in [2.05, 4.69) is 12.2 Å². The molecule has 0 bridgehead atoms. The lowest BCUT2D eigenvalue weighted by atomic mass is 9.97. The Kier molecular flexibility index (Phi) is 4.77. The van der Waals surface area contributed by atoms with Gasteiger partial charge in [0.25, 0.3) is 0 Å². The highest BCUT2D eigenvalue weighted by molar-refractivity contribution is 7.89. The van der Waals surface area contributed by atoms with Crippen molar-refractivity contribution in [2.45, 2.75) is 30.7 Å². The Labute approximate surface area is 151 Å². The van der Waals surface area contributed by atoms with Crippen LogP contribution in [-0.4, -0.2) is 19.6 Å². The summed E-state index contributed by atoms with van der Waals surface area (Å²) in [4.78, 5) is 2.00. The average Bonchev–Trinajstić information content (AvgIpc) is 2.54. The Morgan fingerprint density at radius 3 is 2.60 bits per heavy atom. The first-order valence-electron chi connectivity index (χ1n) is 7.77. The van der Waals surface area contributed by atoms with E-state index in [0.29, 0.717) is 10.8 Å². The molecule has 0 radical (unpaired) electrons. The number of nitrogens with zero attached hydrogens (tertiary/aromatic N) is 1. The highest BCUT2D eigenvalue weighted by atomic mass is 32.2. The molecule has 0 aromatic heterocycles. The number of anilines is 2. The number of hydrogen-bond acceptors (Lipinski definition) is 3. The molecule has 25 heavy (non-hydrogen) atoms. The lowest BCUT2D eigenvalue weighted by Gasteiger charge is -2.37. The van der Waals surface area contributed by atoms with Crippen LogP contribution in [0.25, 0.3) is 0 Å². The van der Waals surface area contributed by atoms with E-state index in [0.717, 1.165) is 24.1 Å². The lowest BCUT2D eigenvalue weighted by Crippen LogP contribution is -2.44. The molecule has 0 saturated carbocycles. The molecule has 2 aromatic rings. The van der Waals surface area contributed by atoms with Crippen molar-refractivity contribution in [3.63, 3.8) is 0 Å². The SMILES string of the molecule is CC1CCc2cc(F)ccc2N1C(=S)Nc1ccc(S(N)(=O)=O)cc1. The minimum absolute atomic E-state index is 0.0381. The summed E-state index contributed by atoms with van der Waals surface area (Å²) in [5.41, 5.74) is 2.46. The van der Waals surface area contributed by atoms with Crippen LogP contribution in [0.15, 0.2) is 47.4 Å². The van der Waals surface area contributed by atoms with Gasteiger partial charge in [0, 0.05) is 17.4 Å². The van der Waals surface area contributed by atoms with E-state index >= 15 is 0 Å². The van der Waals surface area contributed by atoms with Gasteiger partial charge in [-0.05, 0) is 80.0 Å². The first-order chi connectivity index (χ1) is 11.8. The van der Waals surface area contributed by atoms with Crippen LogP contribution >= 0.6 is 12.2 Å². The molecule has 1 aliphatic rings. The van der Waals surface area contributed by atoms with Crippen molar-refractivity contribution in [2.24, 2.45) is 5.14 Å². The van der Waals surface area contributed by atoms with E-state index in [4.69, 9.17) is 17.4 Å². The number of nitrogens with two attached hydrogens (primary N) is 1. The average molecular weight is 379 g/mol. The highest BCUT2D eigenvalue weighted by Crippen LogP contribution is 2.32. The summed E-state index contributed by atoms with van der Waals surface area (Å²) in [7, 11) is -3.73. The quantitative estimate of drug-likeness (QED) is 0.785. The van der Waals surface area contributed by atoms with Crippen LogP contribution < -0.4 is 15.4 Å². The summed E-state index contributed by atoms with van der Waals surface area (Å²) in [6.45, 7) is 2.06. The number of benzene rings is 2. The number of fused-ring (bicyclic) bond motifs is 1. The Hall–Kier alpha value is -2.03. The third-order valence-corrected chi connectivity index (χ3v) is 5.45. The molecule has 0 spiro atoms. The van der Waals surface area contributed by atoms with Crippen molar-refractivity contribution in [2.75, 3.05) is 10.2 Å². The molecule has 1 unspecified atom stereocenters. The fourth-order valence-electron chi connectivity index (χ4n) is 2.94. The smallest absolute Gasteiger partial charge is 0.238 e. The second-order valence-corrected chi connectivity index (χ2v) is 7.98. The molecule has 3 rings (SSSR count). The van der Waals surface area contributed by atoms with Crippen LogP contribution in [0.2, 0.25) is 0 Å². The number of primary sulfonamides is 1. The van der Waals surface area contributed by atoms with Crippen molar-refractivity contribution in [1.82, 2.24) is 0 Å². The molecule has 0 saturated heterocycles. The van der Waals surface area contributed by atoms with Crippen LogP contribution in [-0.2, 0) is 16.4 Å². The van der Waals surface area contributed by atoms with Gasteiger partial charge in [0.2, 0.25) is 10.0 Å². The molecule has 0 amide bonds. The molecule has 1 atom stereocenters. The molecular weight excluding hydrogens is 361 g/mol. The predicted molar refractivity (Wildman–Crippen MR) is 101 cm³/mol. The van der Waals surface area contributed by atoms with Gasteiger partial charge in [-0.15, -0.1) is 0 Å². The zero-order chi connectivity index (χ0) is 18.2. The summed E-state index contributed by atoms with van der Waals surface area (Å²) in [5, 5.41) is 8.68. The molecule has 1 heterocycles. The first kappa shape index (κ1) is 17.8. The number of halogens is 1. The number of rotatable bonds is 2. The Bertz CT molecular complexity index is 914. The monoisotopic (exact) mass is 379 g/mol. The Balaban J connectivity index is 1.84. The summed E-state index contributed by atoms with van der Waals surface area (Å²) in [5.74, 6) is -0.259. The van der Waals surface area contributed by atoms with E-state index in [9.17, 15) is 12.8 Å². The summed E-state index contributed by atoms with van der Waals surface area (Å²) >= 11 is 5.53. The second-order valence-electron chi connectivity index (χ2n) is 6.03. The fourth-order valence-corrected chi connectivity index (χ4v) is 3.85. The topological polar surface area (TPSA) is 75.4 Å². The first-order valence-corrected chi connectivity index (χ1v) is 9.72. The minimum atomic E-state index is -3.73. The second kappa shape index (κ2) is 6.70. The third-order valence-electron chi connectivity index (χ3n) is 4.23. The van der Waals surface area contributed by atoms with Gasteiger partial charge in [-0.3, -0.25) is 0 Å². The molecule has 8 heteroatoms. The van der Waals surface area contributed by atoms with Crippen LogP contribution in [0, 0.1) is 5.82 Å². The number of hydrogen-bond donors (Lipinski definition) is 2. The van der Waals surface area contributed by atoms with Crippen molar-refractivity contribution < 1.29 is 12.8 Å². The van der Waals surface area contributed by atoms with Gasteiger partial charge in [0.1, 0.15) is 5.82 Å². The molecule has 3 N–H and O–H groups in total. The molecule has 1 aliphatic heterocycles. The zero-order valence-electron chi connectivity index (χ0n) is 13.6. The lowest BCUT2D eigenvalue weighted by molar-refractivity contribution is 0.598. The van der Waals surface area contributed by atoms with Crippen molar-refractivity contribution in [3.05, 3.63) is 53.8 Å². The van der Waals surface area contributed by atoms with Gasteiger partial charge < -0.3 is 10.2 Å². The molecular formula is C17H18FN3O2S2. The number of sulfonamides is 1. The molecule has 5 nitrogen and oxygen atoms in total. The fraction of sp³-hybridized carbons (Fsp3) is 0.235. The van der Waals surface area contributed by atoms with Crippen LogP contribution in [0.5, 0.6) is 0 Å². The van der Waals surface area contributed by atoms with E-state index < -0.39 is 10.0 Å². The normalized spacial score (nSPS) is 17.1. The third kappa shape index (κ3) is 3.81. The van der Waals surface area contributed by atoms with Gasteiger partial charge in [0.05, 0.1) is 4.90 Å². The number of aryl methyl sites for hydroxylation is 1. The maximum absolute atomic E-state index is 13.5. The van der Waals surface area contributed by atoms with Crippen molar-refractivity contribution in [3.8, 4) is 0 Å². The number of nitrogens with one attached hydrogen (secondary N) is 1. The molecule has 0 aliphatic carbocycles. The van der Waals surface area contributed by atoms with Crippen LogP contribution in [0.1, 0.15) is 18.9 Å². The Morgan fingerprint density at radius 2 is 1.96 bits per heavy atom. The van der Waals surface area contributed by atoms with Gasteiger partial charge in [-0.2, -0.15) is 0 Å². The Morgan fingerprint density at radius 1 is 1.28 bits per heavy atom. The van der Waals surface area contributed by atoms with Gasteiger partial charge in [0.15, 0.2) is 5.11 Å². The van der Waals surface area contributed by atoms with E-state index in [1.807, 2.05) is 4.90 Å². The molecule has 132 valence electrons.